The number of allylic oxidation sites excluding steroid dienone is 2. The molecule has 0 atom stereocenters. The second-order valence-electron chi connectivity index (χ2n) is 10.7. The van der Waals surface area contributed by atoms with Gasteiger partial charge < -0.3 is 15.4 Å². The maximum absolute atomic E-state index is 13.5. The number of nitrogens with one attached hydrogen (secondary N) is 2. The van der Waals surface area contributed by atoms with Crippen LogP contribution in [0.2, 0.25) is 5.02 Å². The third kappa shape index (κ3) is 6.83. The molecule has 210 valence electrons. The van der Waals surface area contributed by atoms with Crippen molar-refractivity contribution in [1.82, 2.24) is 15.2 Å². The smallest absolute Gasteiger partial charge is 0.262 e. The zero-order valence-corrected chi connectivity index (χ0v) is 24.2. The number of amides is 2. The minimum absolute atomic E-state index is 0.0484. The number of rotatable bonds is 11. The third-order valence-electron chi connectivity index (χ3n) is 7.21. The summed E-state index contributed by atoms with van der Waals surface area (Å²) in [7, 11) is 1.59. The minimum atomic E-state index is -0.340. The van der Waals surface area contributed by atoms with Crippen LogP contribution in [-0.2, 0) is 16.0 Å². The summed E-state index contributed by atoms with van der Waals surface area (Å²) in [5, 5.41) is 7.47. The highest BCUT2D eigenvalue weighted by atomic mass is 35.5. The first-order chi connectivity index (χ1) is 19.1. The highest BCUT2D eigenvalue weighted by Crippen LogP contribution is 2.31. The molecule has 40 heavy (non-hydrogen) atoms. The lowest BCUT2D eigenvalue weighted by Crippen LogP contribution is -2.43. The van der Waals surface area contributed by atoms with Crippen molar-refractivity contribution in [1.29, 1.82) is 0 Å². The third-order valence-corrected chi connectivity index (χ3v) is 7.46. The van der Waals surface area contributed by atoms with Crippen LogP contribution in [0.15, 0.2) is 66.3 Å². The van der Waals surface area contributed by atoms with Crippen molar-refractivity contribution in [3.8, 4) is 5.75 Å². The van der Waals surface area contributed by atoms with Gasteiger partial charge in [-0.05, 0) is 94.5 Å². The predicted molar refractivity (Wildman–Crippen MR) is 159 cm³/mol. The van der Waals surface area contributed by atoms with Gasteiger partial charge in [0.2, 0.25) is 5.91 Å². The van der Waals surface area contributed by atoms with E-state index in [1.165, 1.54) is 0 Å². The van der Waals surface area contributed by atoms with Crippen molar-refractivity contribution in [3.63, 3.8) is 0 Å². The van der Waals surface area contributed by atoms with Gasteiger partial charge in [-0.3, -0.25) is 19.0 Å². The van der Waals surface area contributed by atoms with Gasteiger partial charge in [-0.25, -0.2) is 0 Å². The Bertz CT molecular complexity index is 1480. The van der Waals surface area contributed by atoms with E-state index >= 15 is 0 Å². The van der Waals surface area contributed by atoms with E-state index in [1.807, 2.05) is 57.2 Å². The van der Waals surface area contributed by atoms with Crippen LogP contribution in [0.4, 0.5) is 0 Å². The SMILES string of the molecule is COc1ccc2c(c1)c(CC(=O)NCCCCC(C)(C)NC(=O)C1=CCC=C1)c(C)n2C(=O)c1ccc(Cl)cc1. The molecule has 0 bridgehead atoms. The van der Waals surface area contributed by atoms with Crippen LogP contribution in [0.1, 0.15) is 61.1 Å². The van der Waals surface area contributed by atoms with Gasteiger partial charge in [0.15, 0.2) is 0 Å². The average molecular weight is 562 g/mol. The molecule has 1 aliphatic rings. The number of ether oxygens (including phenoxy) is 1. The van der Waals surface area contributed by atoms with Crippen LogP contribution < -0.4 is 15.4 Å². The number of unbranched alkanes of at least 4 members (excludes halogenated alkanes) is 1. The molecule has 8 heteroatoms. The fraction of sp³-hybridized carbons (Fsp3) is 0.344. The van der Waals surface area contributed by atoms with Crippen LogP contribution >= 0.6 is 11.6 Å². The molecule has 7 nitrogen and oxygen atoms in total. The van der Waals surface area contributed by atoms with E-state index in [9.17, 15) is 14.4 Å². The van der Waals surface area contributed by atoms with Crippen molar-refractivity contribution in [2.75, 3.05) is 13.7 Å². The van der Waals surface area contributed by atoms with Gasteiger partial charge in [-0.15, -0.1) is 0 Å². The largest absolute Gasteiger partial charge is 0.497 e. The monoisotopic (exact) mass is 561 g/mol. The predicted octanol–water partition coefficient (Wildman–Crippen LogP) is 5.91. The van der Waals surface area contributed by atoms with Crippen LogP contribution in [0.25, 0.3) is 10.9 Å². The zero-order chi connectivity index (χ0) is 28.9. The van der Waals surface area contributed by atoms with Gasteiger partial charge >= 0.3 is 0 Å². The number of nitrogens with zero attached hydrogens (tertiary/aromatic N) is 1. The first kappa shape index (κ1) is 29.2. The Hall–Kier alpha value is -3.84. The minimum Gasteiger partial charge on any atom is -0.497 e. The average Bonchev–Trinajstić information content (AvgIpc) is 3.55. The van der Waals surface area contributed by atoms with Gasteiger partial charge in [0.05, 0.1) is 19.0 Å². The Labute approximate surface area is 240 Å². The molecule has 0 spiro atoms. The molecule has 2 N–H and O–H groups in total. The molecule has 1 aromatic heterocycles. The molecule has 1 aliphatic carbocycles. The van der Waals surface area contributed by atoms with Crippen LogP contribution in [-0.4, -0.2) is 41.5 Å². The number of carbonyl (C=O) groups excluding carboxylic acids is 3. The number of hydrogen-bond acceptors (Lipinski definition) is 4. The van der Waals surface area contributed by atoms with Crippen molar-refractivity contribution < 1.29 is 19.1 Å². The lowest BCUT2D eigenvalue weighted by Gasteiger charge is -2.26. The molecular formula is C32H36ClN3O4. The van der Waals surface area contributed by atoms with Gasteiger partial charge in [-0.2, -0.15) is 0 Å². The summed E-state index contributed by atoms with van der Waals surface area (Å²) in [5.41, 5.74) is 3.09. The molecule has 0 unspecified atom stereocenters. The van der Waals surface area contributed by atoms with E-state index in [0.29, 0.717) is 39.7 Å². The van der Waals surface area contributed by atoms with Crippen LogP contribution in [0.5, 0.6) is 5.75 Å². The van der Waals surface area contributed by atoms with Crippen molar-refractivity contribution in [2.45, 2.75) is 58.4 Å². The van der Waals surface area contributed by atoms with E-state index in [2.05, 4.69) is 10.6 Å². The van der Waals surface area contributed by atoms with Crippen molar-refractivity contribution in [3.05, 3.63) is 88.1 Å². The summed E-state index contributed by atoms with van der Waals surface area (Å²) in [4.78, 5) is 38.8. The highest BCUT2D eigenvalue weighted by molar-refractivity contribution is 6.30. The van der Waals surface area contributed by atoms with Crippen LogP contribution in [0, 0.1) is 6.92 Å². The molecule has 3 aromatic rings. The van der Waals surface area contributed by atoms with Gasteiger partial charge in [-0.1, -0.05) is 29.8 Å². The van der Waals surface area contributed by atoms with E-state index in [1.54, 1.807) is 35.9 Å². The van der Waals surface area contributed by atoms with E-state index in [-0.39, 0.29) is 29.7 Å². The number of methoxy groups -OCH3 is 1. The first-order valence-corrected chi connectivity index (χ1v) is 13.9. The van der Waals surface area contributed by atoms with Gasteiger partial charge in [0.25, 0.3) is 11.8 Å². The molecule has 2 aromatic carbocycles. The summed E-state index contributed by atoms with van der Waals surface area (Å²) in [6.45, 7) is 6.42. The van der Waals surface area contributed by atoms with E-state index < -0.39 is 0 Å². The summed E-state index contributed by atoms with van der Waals surface area (Å²) >= 11 is 6.01. The molecule has 0 aliphatic heterocycles. The normalized spacial score (nSPS) is 12.9. The number of carbonyl (C=O) groups is 3. The maximum Gasteiger partial charge on any atom is 0.262 e. The summed E-state index contributed by atoms with van der Waals surface area (Å²) in [6, 6.07) is 12.3. The van der Waals surface area contributed by atoms with E-state index in [0.717, 1.165) is 36.6 Å². The van der Waals surface area contributed by atoms with E-state index in [4.69, 9.17) is 16.3 Å². The summed E-state index contributed by atoms with van der Waals surface area (Å²) in [6.07, 6.45) is 9.12. The topological polar surface area (TPSA) is 89.4 Å². The van der Waals surface area contributed by atoms with Crippen molar-refractivity contribution >= 4 is 40.2 Å². The number of aromatic nitrogens is 1. The number of halogens is 1. The molecule has 4 rings (SSSR count). The standard InChI is InChI=1S/C32H36ClN3O4/c1-21-26(20-29(37)34-18-8-7-17-32(2,3)35-30(38)22-9-5-6-10-22)27-19-25(40-4)15-16-28(27)36(21)31(39)23-11-13-24(33)14-12-23/h5,9-16,19H,6-8,17-18,20H2,1-4H3,(H,34,37)(H,35,38). The second kappa shape index (κ2) is 12.6. The Balaban J connectivity index is 1.39. The van der Waals surface area contributed by atoms with Crippen LogP contribution in [0.3, 0.4) is 0 Å². The Morgan fingerprint density at radius 3 is 2.50 bits per heavy atom. The lowest BCUT2D eigenvalue weighted by molar-refractivity contribution is -0.120. The van der Waals surface area contributed by atoms with Crippen molar-refractivity contribution in [2.24, 2.45) is 0 Å². The highest BCUT2D eigenvalue weighted by Gasteiger charge is 2.23. The molecule has 0 saturated heterocycles. The Morgan fingerprint density at radius 2 is 1.82 bits per heavy atom. The van der Waals surface area contributed by atoms with Gasteiger partial charge in [0, 0.05) is 39.3 Å². The number of hydrogen-bond donors (Lipinski definition) is 2. The second-order valence-corrected chi connectivity index (χ2v) is 11.2. The van der Waals surface area contributed by atoms with Gasteiger partial charge in [0.1, 0.15) is 5.75 Å². The summed E-state index contributed by atoms with van der Waals surface area (Å²) < 4.78 is 7.07. The zero-order valence-electron chi connectivity index (χ0n) is 23.5. The molecule has 1 heterocycles. The fourth-order valence-corrected chi connectivity index (χ4v) is 5.13. The Morgan fingerprint density at radius 1 is 1.07 bits per heavy atom. The molecule has 0 saturated carbocycles. The fourth-order valence-electron chi connectivity index (χ4n) is 5.01. The maximum atomic E-state index is 13.5. The molecule has 0 radical (unpaired) electrons. The summed E-state index contributed by atoms with van der Waals surface area (Å²) in [5.74, 6) is 0.301. The number of benzene rings is 2. The lowest BCUT2D eigenvalue weighted by atomic mass is 9.96. The molecular weight excluding hydrogens is 526 g/mol. The molecule has 2 amide bonds. The molecule has 0 fully saturated rings. The Kier molecular flexibility index (Phi) is 9.15. The number of fused-ring (bicyclic) bond motifs is 1. The quantitative estimate of drug-likeness (QED) is 0.285. The first-order valence-electron chi connectivity index (χ1n) is 13.5.